The Morgan fingerprint density at radius 3 is 2.53 bits per heavy atom. The molecule has 1 fully saturated rings. The van der Waals surface area contributed by atoms with Gasteiger partial charge in [-0.25, -0.2) is 0 Å². The molecule has 0 saturated carbocycles. The minimum absolute atomic E-state index is 0.301. The maximum atomic E-state index is 5.61. The third-order valence-corrected chi connectivity index (χ3v) is 4.12. The molecule has 0 aliphatic carbocycles. The SMILES string of the molecule is CCc1ccc(CNC2COC(C)(C)OC2)s1. The van der Waals surface area contributed by atoms with Gasteiger partial charge >= 0.3 is 0 Å². The first kappa shape index (κ1) is 13.0. The van der Waals surface area contributed by atoms with E-state index in [9.17, 15) is 0 Å². The largest absolute Gasteiger partial charge is 0.349 e. The molecular formula is C13H21NO2S. The van der Waals surface area contributed by atoms with E-state index in [4.69, 9.17) is 9.47 Å². The van der Waals surface area contributed by atoms with Gasteiger partial charge in [-0.05, 0) is 32.4 Å². The second-order valence-corrected chi connectivity index (χ2v) is 6.07. The monoisotopic (exact) mass is 255 g/mol. The van der Waals surface area contributed by atoms with Gasteiger partial charge in [0.2, 0.25) is 0 Å². The molecule has 1 aromatic rings. The molecule has 3 nitrogen and oxygen atoms in total. The molecule has 2 heterocycles. The van der Waals surface area contributed by atoms with Crippen LogP contribution in [0.25, 0.3) is 0 Å². The van der Waals surface area contributed by atoms with Crippen molar-refractivity contribution >= 4 is 11.3 Å². The first-order chi connectivity index (χ1) is 8.09. The number of aryl methyl sites for hydroxylation is 1. The summed E-state index contributed by atoms with van der Waals surface area (Å²) in [5, 5.41) is 3.47. The van der Waals surface area contributed by atoms with Crippen molar-refractivity contribution in [1.82, 2.24) is 5.32 Å². The predicted octanol–water partition coefficient (Wildman–Crippen LogP) is 2.55. The lowest BCUT2D eigenvalue weighted by atomic mass is 10.2. The van der Waals surface area contributed by atoms with Crippen molar-refractivity contribution in [2.45, 2.75) is 45.6 Å². The summed E-state index contributed by atoms with van der Waals surface area (Å²) in [7, 11) is 0. The molecule has 0 atom stereocenters. The zero-order valence-electron chi connectivity index (χ0n) is 10.8. The lowest BCUT2D eigenvalue weighted by molar-refractivity contribution is -0.253. The molecule has 0 spiro atoms. The summed E-state index contributed by atoms with van der Waals surface area (Å²) in [6, 6.07) is 4.71. The summed E-state index contributed by atoms with van der Waals surface area (Å²) in [4.78, 5) is 2.82. The maximum absolute atomic E-state index is 5.61. The van der Waals surface area contributed by atoms with Crippen LogP contribution >= 0.6 is 11.3 Å². The molecule has 96 valence electrons. The van der Waals surface area contributed by atoms with Gasteiger partial charge in [0.15, 0.2) is 5.79 Å². The van der Waals surface area contributed by atoms with Crippen molar-refractivity contribution in [1.29, 1.82) is 0 Å². The van der Waals surface area contributed by atoms with Crippen molar-refractivity contribution in [3.63, 3.8) is 0 Å². The van der Waals surface area contributed by atoms with Gasteiger partial charge in [0.1, 0.15) is 0 Å². The highest BCUT2D eigenvalue weighted by atomic mass is 32.1. The van der Waals surface area contributed by atoms with E-state index in [2.05, 4.69) is 24.4 Å². The number of hydrogen-bond donors (Lipinski definition) is 1. The van der Waals surface area contributed by atoms with Gasteiger partial charge in [0, 0.05) is 16.3 Å². The minimum Gasteiger partial charge on any atom is -0.349 e. The predicted molar refractivity (Wildman–Crippen MR) is 70.3 cm³/mol. The van der Waals surface area contributed by atoms with Gasteiger partial charge < -0.3 is 14.8 Å². The lowest BCUT2D eigenvalue weighted by Crippen LogP contribution is -2.48. The Balaban J connectivity index is 1.75. The number of ether oxygens (including phenoxy) is 2. The molecule has 17 heavy (non-hydrogen) atoms. The van der Waals surface area contributed by atoms with Crippen molar-refractivity contribution in [3.05, 3.63) is 21.9 Å². The molecule has 0 unspecified atom stereocenters. The first-order valence-corrected chi connectivity index (χ1v) is 6.99. The molecule has 0 amide bonds. The standard InChI is InChI=1S/C13H21NO2S/c1-4-11-5-6-12(17-11)7-14-10-8-15-13(2,3)16-9-10/h5-6,10,14H,4,7-9H2,1-3H3. The summed E-state index contributed by atoms with van der Waals surface area (Å²) in [5.74, 6) is -0.420. The maximum Gasteiger partial charge on any atom is 0.162 e. The Hall–Kier alpha value is -0.420. The van der Waals surface area contributed by atoms with Crippen LogP contribution in [0.3, 0.4) is 0 Å². The number of hydrogen-bond acceptors (Lipinski definition) is 4. The molecule has 1 N–H and O–H groups in total. The van der Waals surface area contributed by atoms with Crippen molar-refractivity contribution in [2.75, 3.05) is 13.2 Å². The molecule has 0 aromatic carbocycles. The van der Waals surface area contributed by atoms with Crippen LogP contribution in [0, 0.1) is 0 Å². The van der Waals surface area contributed by atoms with E-state index < -0.39 is 5.79 Å². The van der Waals surface area contributed by atoms with Gasteiger partial charge in [0.05, 0.1) is 19.3 Å². The summed E-state index contributed by atoms with van der Waals surface area (Å²) in [6.07, 6.45) is 1.12. The van der Waals surface area contributed by atoms with Crippen molar-refractivity contribution in [3.8, 4) is 0 Å². The van der Waals surface area contributed by atoms with E-state index in [1.165, 1.54) is 9.75 Å². The molecule has 0 bridgehead atoms. The normalized spacial score (nSPS) is 20.6. The molecule has 1 aliphatic rings. The van der Waals surface area contributed by atoms with Crippen LogP contribution in [0.1, 0.15) is 30.5 Å². The molecule has 2 rings (SSSR count). The number of nitrogens with one attached hydrogen (secondary N) is 1. The molecule has 1 aromatic heterocycles. The second-order valence-electron chi connectivity index (χ2n) is 4.82. The van der Waals surface area contributed by atoms with Crippen LogP contribution in [0.4, 0.5) is 0 Å². The fourth-order valence-electron chi connectivity index (χ4n) is 1.76. The van der Waals surface area contributed by atoms with E-state index in [1.54, 1.807) is 0 Å². The molecular weight excluding hydrogens is 234 g/mol. The Morgan fingerprint density at radius 1 is 1.29 bits per heavy atom. The van der Waals surface area contributed by atoms with Crippen LogP contribution < -0.4 is 5.32 Å². The Kier molecular flexibility index (Phi) is 4.20. The second kappa shape index (κ2) is 5.48. The summed E-state index contributed by atoms with van der Waals surface area (Å²) >= 11 is 1.88. The first-order valence-electron chi connectivity index (χ1n) is 6.18. The Bertz CT molecular complexity index is 352. The number of rotatable bonds is 4. The average molecular weight is 255 g/mol. The van der Waals surface area contributed by atoms with Crippen molar-refractivity contribution in [2.24, 2.45) is 0 Å². The summed E-state index contributed by atoms with van der Waals surface area (Å²) in [6.45, 7) is 8.44. The third kappa shape index (κ3) is 3.78. The Morgan fingerprint density at radius 2 is 1.94 bits per heavy atom. The van der Waals surface area contributed by atoms with Crippen LogP contribution in [0.15, 0.2) is 12.1 Å². The van der Waals surface area contributed by atoms with Crippen LogP contribution in [-0.4, -0.2) is 25.0 Å². The minimum atomic E-state index is -0.420. The van der Waals surface area contributed by atoms with Gasteiger partial charge in [-0.3, -0.25) is 0 Å². The smallest absolute Gasteiger partial charge is 0.162 e. The van der Waals surface area contributed by atoms with Crippen LogP contribution in [0.2, 0.25) is 0 Å². The van der Waals surface area contributed by atoms with E-state index in [0.29, 0.717) is 6.04 Å². The highest BCUT2D eigenvalue weighted by molar-refractivity contribution is 7.11. The van der Waals surface area contributed by atoms with E-state index in [0.717, 1.165) is 26.2 Å². The van der Waals surface area contributed by atoms with Gasteiger partial charge in [-0.1, -0.05) is 6.92 Å². The van der Waals surface area contributed by atoms with E-state index in [-0.39, 0.29) is 0 Å². The van der Waals surface area contributed by atoms with Gasteiger partial charge in [-0.2, -0.15) is 0 Å². The summed E-state index contributed by atoms with van der Waals surface area (Å²) in [5.41, 5.74) is 0. The average Bonchev–Trinajstić information content (AvgIpc) is 2.75. The Labute approximate surface area is 107 Å². The zero-order valence-corrected chi connectivity index (χ0v) is 11.6. The molecule has 1 saturated heterocycles. The zero-order chi connectivity index (χ0) is 12.3. The fraction of sp³-hybridized carbons (Fsp3) is 0.692. The highest BCUT2D eigenvalue weighted by Crippen LogP contribution is 2.19. The van der Waals surface area contributed by atoms with Crippen LogP contribution in [0.5, 0.6) is 0 Å². The molecule has 1 aliphatic heterocycles. The molecule has 4 heteroatoms. The van der Waals surface area contributed by atoms with Crippen molar-refractivity contribution < 1.29 is 9.47 Å². The van der Waals surface area contributed by atoms with E-state index >= 15 is 0 Å². The topological polar surface area (TPSA) is 30.5 Å². The quantitative estimate of drug-likeness (QED) is 0.897. The van der Waals surface area contributed by atoms with E-state index in [1.807, 2.05) is 25.2 Å². The lowest BCUT2D eigenvalue weighted by Gasteiger charge is -2.35. The third-order valence-electron chi connectivity index (χ3n) is 2.89. The van der Waals surface area contributed by atoms with Gasteiger partial charge in [-0.15, -0.1) is 11.3 Å². The fourth-order valence-corrected chi connectivity index (χ4v) is 2.67. The van der Waals surface area contributed by atoms with Gasteiger partial charge in [0.25, 0.3) is 0 Å². The molecule has 0 radical (unpaired) electrons. The highest BCUT2D eigenvalue weighted by Gasteiger charge is 2.27. The number of thiophene rings is 1. The van der Waals surface area contributed by atoms with Crippen LogP contribution in [-0.2, 0) is 22.4 Å². The summed E-state index contributed by atoms with van der Waals surface area (Å²) < 4.78 is 11.2.